The fraction of sp³-hybridized carbons (Fsp3) is 0.667. The minimum absolute atomic E-state index is 0.517. The van der Waals surface area contributed by atoms with E-state index in [4.69, 9.17) is 11.5 Å². The number of rotatable bonds is 4. The zero-order valence-corrected chi connectivity index (χ0v) is 7.69. The first-order valence-electron chi connectivity index (χ1n) is 3.42. The Morgan fingerprint density at radius 3 is 2.58 bits per heavy atom. The molecule has 12 heavy (non-hydrogen) atoms. The lowest BCUT2D eigenvalue weighted by molar-refractivity contribution is -0.121. The Bertz CT molecular complexity index is 174. The molecular formula is C6H13N3O2S. The van der Waals surface area contributed by atoms with Gasteiger partial charge in [-0.05, 0) is 18.4 Å². The molecule has 6 heteroatoms. The average Bonchev–Trinajstić information content (AvgIpc) is 1.98. The molecule has 5 nitrogen and oxygen atoms in total. The van der Waals surface area contributed by atoms with E-state index in [0.717, 1.165) is 5.75 Å². The molecule has 0 rings (SSSR count). The Labute approximate surface area is 75.2 Å². The van der Waals surface area contributed by atoms with E-state index in [1.54, 1.807) is 11.8 Å². The van der Waals surface area contributed by atoms with Gasteiger partial charge in [0.1, 0.15) is 0 Å². The van der Waals surface area contributed by atoms with E-state index < -0.39 is 18.0 Å². The highest BCUT2D eigenvalue weighted by molar-refractivity contribution is 7.98. The molecule has 1 unspecified atom stereocenters. The molecule has 3 amide bonds. The number of hydrogen-bond donors (Lipinski definition) is 3. The van der Waals surface area contributed by atoms with Crippen molar-refractivity contribution in [3.63, 3.8) is 0 Å². The summed E-state index contributed by atoms with van der Waals surface area (Å²) in [6.07, 6.45) is 2.46. The Morgan fingerprint density at radius 1 is 1.58 bits per heavy atom. The number of nitrogens with two attached hydrogens (primary N) is 2. The lowest BCUT2D eigenvalue weighted by Crippen LogP contribution is -2.45. The minimum Gasteiger partial charge on any atom is -0.351 e. The van der Waals surface area contributed by atoms with Crippen LogP contribution in [0.25, 0.3) is 0 Å². The summed E-state index contributed by atoms with van der Waals surface area (Å²) in [4.78, 5) is 21.1. The quantitative estimate of drug-likeness (QED) is 0.545. The third-order valence-corrected chi connectivity index (χ3v) is 1.86. The van der Waals surface area contributed by atoms with Crippen LogP contribution in [0.3, 0.4) is 0 Å². The molecule has 0 radical (unpaired) electrons. The van der Waals surface area contributed by atoms with Crippen LogP contribution in [0.1, 0.15) is 6.42 Å². The molecule has 0 saturated heterocycles. The van der Waals surface area contributed by atoms with E-state index in [9.17, 15) is 9.59 Å². The van der Waals surface area contributed by atoms with Crippen molar-refractivity contribution in [2.45, 2.75) is 12.5 Å². The van der Waals surface area contributed by atoms with Gasteiger partial charge in [-0.2, -0.15) is 11.8 Å². The van der Waals surface area contributed by atoms with Crippen molar-refractivity contribution in [1.82, 2.24) is 5.32 Å². The summed E-state index contributed by atoms with van der Waals surface area (Å²) in [7, 11) is 0. The van der Waals surface area contributed by atoms with Gasteiger partial charge in [-0.15, -0.1) is 0 Å². The van der Waals surface area contributed by atoms with E-state index in [1.165, 1.54) is 0 Å². The first-order valence-corrected chi connectivity index (χ1v) is 4.82. The number of amides is 3. The molecule has 0 heterocycles. The first kappa shape index (κ1) is 11.2. The Hall–Kier alpha value is -0.750. The summed E-state index contributed by atoms with van der Waals surface area (Å²) in [5, 5.41) is 1.92. The van der Waals surface area contributed by atoms with Crippen LogP contribution in [0.15, 0.2) is 0 Å². The van der Waals surface area contributed by atoms with Crippen molar-refractivity contribution in [2.75, 3.05) is 12.0 Å². The van der Waals surface area contributed by atoms with Gasteiger partial charge in [-0.1, -0.05) is 0 Å². The molecule has 0 aromatic rings. The van der Waals surface area contributed by atoms with Gasteiger partial charge in [-0.25, -0.2) is 4.79 Å². The molecule has 0 aliphatic carbocycles. The van der Waals surface area contributed by atoms with Gasteiger partial charge < -0.3 is 11.5 Å². The number of imide groups is 1. The molecule has 0 aliphatic rings. The number of carbonyl (C=O) groups excluding carboxylic acids is 2. The smallest absolute Gasteiger partial charge is 0.318 e. The normalized spacial score (nSPS) is 12.2. The van der Waals surface area contributed by atoms with Gasteiger partial charge in [0.15, 0.2) is 0 Å². The van der Waals surface area contributed by atoms with Crippen LogP contribution in [0, 0.1) is 0 Å². The lowest BCUT2D eigenvalue weighted by Gasteiger charge is -2.08. The van der Waals surface area contributed by atoms with E-state index in [2.05, 4.69) is 0 Å². The second-order valence-corrected chi connectivity index (χ2v) is 3.23. The molecule has 70 valence electrons. The summed E-state index contributed by atoms with van der Waals surface area (Å²) >= 11 is 1.59. The molecule has 5 N–H and O–H groups in total. The van der Waals surface area contributed by atoms with Crippen LogP contribution >= 0.6 is 11.8 Å². The second-order valence-electron chi connectivity index (χ2n) is 2.24. The summed E-state index contributed by atoms with van der Waals surface area (Å²) in [6.45, 7) is 0. The summed E-state index contributed by atoms with van der Waals surface area (Å²) < 4.78 is 0. The molecule has 0 spiro atoms. The molecule has 0 aliphatic heterocycles. The van der Waals surface area contributed by atoms with Gasteiger partial charge in [0, 0.05) is 0 Å². The van der Waals surface area contributed by atoms with Gasteiger partial charge >= 0.3 is 6.03 Å². The highest BCUT2D eigenvalue weighted by atomic mass is 32.2. The molecule has 0 bridgehead atoms. The lowest BCUT2D eigenvalue weighted by atomic mass is 10.2. The van der Waals surface area contributed by atoms with E-state index in [0.29, 0.717) is 6.42 Å². The van der Waals surface area contributed by atoms with Crippen molar-refractivity contribution in [2.24, 2.45) is 11.5 Å². The Balaban J connectivity index is 3.69. The summed E-state index contributed by atoms with van der Waals surface area (Å²) in [5.41, 5.74) is 10.1. The van der Waals surface area contributed by atoms with Crippen molar-refractivity contribution in [1.29, 1.82) is 0 Å². The fourth-order valence-electron chi connectivity index (χ4n) is 0.590. The second kappa shape index (κ2) is 5.84. The maximum absolute atomic E-state index is 10.9. The topological polar surface area (TPSA) is 98.2 Å². The monoisotopic (exact) mass is 191 g/mol. The molecule has 1 atom stereocenters. The highest BCUT2D eigenvalue weighted by Crippen LogP contribution is 1.98. The van der Waals surface area contributed by atoms with Gasteiger partial charge in [0.25, 0.3) is 0 Å². The number of thioether (sulfide) groups is 1. The van der Waals surface area contributed by atoms with E-state index >= 15 is 0 Å². The predicted molar refractivity (Wildman–Crippen MR) is 48.7 cm³/mol. The third-order valence-electron chi connectivity index (χ3n) is 1.22. The van der Waals surface area contributed by atoms with Crippen LogP contribution in [0.4, 0.5) is 4.79 Å². The zero-order valence-electron chi connectivity index (χ0n) is 6.87. The van der Waals surface area contributed by atoms with Gasteiger partial charge in [0.2, 0.25) is 5.91 Å². The van der Waals surface area contributed by atoms with Crippen LogP contribution in [-0.2, 0) is 4.79 Å². The van der Waals surface area contributed by atoms with Crippen LogP contribution in [-0.4, -0.2) is 30.0 Å². The Kier molecular flexibility index (Phi) is 5.48. The van der Waals surface area contributed by atoms with Crippen molar-refractivity contribution >= 4 is 23.7 Å². The summed E-state index contributed by atoms with van der Waals surface area (Å²) in [6, 6.07) is -1.51. The molecule has 0 aromatic carbocycles. The van der Waals surface area contributed by atoms with Crippen molar-refractivity contribution in [3.05, 3.63) is 0 Å². The van der Waals surface area contributed by atoms with Crippen LogP contribution in [0.2, 0.25) is 0 Å². The number of nitrogens with one attached hydrogen (secondary N) is 1. The molecular weight excluding hydrogens is 178 g/mol. The number of primary amides is 1. The maximum Gasteiger partial charge on any atom is 0.318 e. The zero-order chi connectivity index (χ0) is 9.56. The third kappa shape index (κ3) is 4.97. The maximum atomic E-state index is 10.9. The van der Waals surface area contributed by atoms with E-state index in [1.807, 2.05) is 11.6 Å². The largest absolute Gasteiger partial charge is 0.351 e. The minimum atomic E-state index is -0.861. The molecule has 0 fully saturated rings. The van der Waals surface area contributed by atoms with Crippen molar-refractivity contribution < 1.29 is 9.59 Å². The average molecular weight is 191 g/mol. The van der Waals surface area contributed by atoms with Crippen molar-refractivity contribution in [3.8, 4) is 0 Å². The predicted octanol–water partition coefficient (Wildman–Crippen LogP) is -0.738. The van der Waals surface area contributed by atoms with Crippen LogP contribution < -0.4 is 16.8 Å². The molecule has 0 aromatic heterocycles. The van der Waals surface area contributed by atoms with Gasteiger partial charge in [0.05, 0.1) is 6.04 Å². The highest BCUT2D eigenvalue weighted by Gasteiger charge is 2.13. The Morgan fingerprint density at radius 2 is 2.17 bits per heavy atom. The molecule has 0 saturated carbocycles. The van der Waals surface area contributed by atoms with Gasteiger partial charge in [-0.3, -0.25) is 10.1 Å². The van der Waals surface area contributed by atoms with Crippen LogP contribution in [0.5, 0.6) is 0 Å². The SMILES string of the molecule is CSCCC(N)C(=O)NC(N)=O. The fourth-order valence-corrected chi connectivity index (χ4v) is 1.08. The number of carbonyl (C=O) groups is 2. The standard InChI is InChI=1S/C6H13N3O2S/c1-12-3-2-4(7)5(10)9-6(8)11/h4H,2-3,7H2,1H3,(H3,8,9,10,11). The summed E-state index contributed by atoms with van der Waals surface area (Å²) in [5.74, 6) is 0.268. The van der Waals surface area contributed by atoms with E-state index in [-0.39, 0.29) is 0 Å². The number of urea groups is 1. The number of hydrogen-bond acceptors (Lipinski definition) is 4. The first-order chi connectivity index (χ1) is 5.57.